The lowest BCUT2D eigenvalue weighted by Crippen LogP contribution is -2.43. The molecule has 4 aliphatic rings. The Morgan fingerprint density at radius 1 is 1.25 bits per heavy atom. The van der Waals surface area contributed by atoms with Crippen LogP contribution in [-0.4, -0.2) is 31.1 Å². The van der Waals surface area contributed by atoms with Crippen LogP contribution in [0.15, 0.2) is 11.6 Å². The lowest BCUT2D eigenvalue weighted by molar-refractivity contribution is -0.174. The first-order valence-electron chi connectivity index (χ1n) is 7.79. The first-order chi connectivity index (χ1) is 9.60. The summed E-state index contributed by atoms with van der Waals surface area (Å²) in [6.07, 6.45) is 5.12. The normalized spacial score (nSPS) is 45.8. The Morgan fingerprint density at radius 3 is 2.75 bits per heavy atom. The third-order valence-corrected chi connectivity index (χ3v) is 5.77. The number of cyclic esters (lactones) is 1. The molecule has 3 fully saturated rings. The quantitative estimate of drug-likeness (QED) is 0.504. The molecule has 2 aliphatic carbocycles. The molecule has 1 saturated carbocycles. The minimum absolute atomic E-state index is 0.0480. The van der Waals surface area contributed by atoms with Gasteiger partial charge in [0.05, 0.1) is 19.1 Å². The largest absolute Gasteiger partial charge is 0.462 e. The van der Waals surface area contributed by atoms with Crippen LogP contribution in [0.5, 0.6) is 0 Å². The molecule has 1 spiro atoms. The molecule has 0 aromatic carbocycles. The first-order valence-corrected chi connectivity index (χ1v) is 7.79. The van der Waals surface area contributed by atoms with Gasteiger partial charge in [0.1, 0.15) is 6.10 Å². The third kappa shape index (κ3) is 1.70. The third-order valence-electron chi connectivity index (χ3n) is 5.77. The molecule has 2 unspecified atom stereocenters. The molecule has 4 rings (SSSR count). The fourth-order valence-corrected chi connectivity index (χ4v) is 4.84. The molecule has 0 aromatic heterocycles. The summed E-state index contributed by atoms with van der Waals surface area (Å²) in [5.41, 5.74) is 1.36. The first kappa shape index (κ1) is 12.8. The van der Waals surface area contributed by atoms with E-state index in [-0.39, 0.29) is 18.0 Å². The minimum Gasteiger partial charge on any atom is -0.462 e. The second-order valence-electron chi connectivity index (χ2n) is 6.78. The molecular weight excluding hydrogens is 256 g/mol. The highest BCUT2D eigenvalue weighted by molar-refractivity contribution is 5.78. The van der Waals surface area contributed by atoms with Crippen LogP contribution in [0, 0.1) is 23.7 Å². The Labute approximate surface area is 119 Å². The van der Waals surface area contributed by atoms with Crippen LogP contribution >= 0.6 is 0 Å². The smallest absolute Gasteiger partial charge is 0.313 e. The topological polar surface area (TPSA) is 44.8 Å². The lowest BCUT2D eigenvalue weighted by Gasteiger charge is -2.44. The molecule has 5 atom stereocenters. The molecule has 2 aliphatic heterocycles. The van der Waals surface area contributed by atoms with Gasteiger partial charge in [0.2, 0.25) is 0 Å². The monoisotopic (exact) mass is 278 g/mol. The second-order valence-corrected chi connectivity index (χ2v) is 6.78. The standard InChI is InChI=1S/C16H22O4/c1-9-12-3-4-16(18-5-6-19-16)8-11(12)7-13-14(9)10(2)20-15(13)17/h7,9-10,12-14H,3-6,8H2,1-2H3/t9?,10-,12?,13-,14-/m1/s1. The summed E-state index contributed by atoms with van der Waals surface area (Å²) < 4.78 is 17.1. The van der Waals surface area contributed by atoms with Gasteiger partial charge in [-0.05, 0) is 25.2 Å². The van der Waals surface area contributed by atoms with E-state index in [0.29, 0.717) is 31.0 Å². The van der Waals surface area contributed by atoms with Crippen molar-refractivity contribution in [3.63, 3.8) is 0 Å². The molecule has 110 valence electrons. The van der Waals surface area contributed by atoms with Crippen LogP contribution in [0.2, 0.25) is 0 Å². The van der Waals surface area contributed by atoms with E-state index in [1.165, 1.54) is 5.57 Å². The van der Waals surface area contributed by atoms with E-state index in [1.807, 2.05) is 6.92 Å². The number of fused-ring (bicyclic) bond motifs is 2. The Hall–Kier alpha value is -0.870. The summed E-state index contributed by atoms with van der Waals surface area (Å²) in [7, 11) is 0. The van der Waals surface area contributed by atoms with E-state index in [4.69, 9.17) is 14.2 Å². The van der Waals surface area contributed by atoms with Gasteiger partial charge in [-0.2, -0.15) is 0 Å². The maximum atomic E-state index is 12.0. The molecule has 2 heterocycles. The lowest BCUT2D eigenvalue weighted by atomic mass is 9.62. The molecule has 0 amide bonds. The van der Waals surface area contributed by atoms with Crippen LogP contribution in [0.25, 0.3) is 0 Å². The average Bonchev–Trinajstić information content (AvgIpc) is 2.96. The molecule has 0 bridgehead atoms. The predicted molar refractivity (Wildman–Crippen MR) is 71.8 cm³/mol. The van der Waals surface area contributed by atoms with Crippen molar-refractivity contribution >= 4 is 5.97 Å². The van der Waals surface area contributed by atoms with E-state index in [0.717, 1.165) is 19.3 Å². The minimum atomic E-state index is -0.400. The summed E-state index contributed by atoms with van der Waals surface area (Å²) in [6.45, 7) is 5.70. The summed E-state index contributed by atoms with van der Waals surface area (Å²) in [4.78, 5) is 12.0. The number of ether oxygens (including phenoxy) is 3. The van der Waals surface area contributed by atoms with Crippen molar-refractivity contribution in [3.8, 4) is 0 Å². The van der Waals surface area contributed by atoms with Gasteiger partial charge >= 0.3 is 5.97 Å². The van der Waals surface area contributed by atoms with Gasteiger partial charge < -0.3 is 14.2 Å². The van der Waals surface area contributed by atoms with Gasteiger partial charge in [-0.15, -0.1) is 0 Å². The number of hydrogen-bond donors (Lipinski definition) is 0. The Kier molecular flexibility index (Phi) is 2.77. The maximum Gasteiger partial charge on any atom is 0.313 e. The predicted octanol–water partition coefficient (Wildman–Crippen LogP) is 2.28. The van der Waals surface area contributed by atoms with Crippen LogP contribution in [0.4, 0.5) is 0 Å². The zero-order valence-corrected chi connectivity index (χ0v) is 12.1. The number of esters is 1. The zero-order chi connectivity index (χ0) is 13.9. The van der Waals surface area contributed by atoms with Crippen molar-refractivity contribution in [3.05, 3.63) is 11.6 Å². The van der Waals surface area contributed by atoms with Crippen molar-refractivity contribution in [2.24, 2.45) is 23.7 Å². The Bertz CT molecular complexity index is 463. The molecule has 0 radical (unpaired) electrons. The van der Waals surface area contributed by atoms with Crippen LogP contribution in [-0.2, 0) is 19.0 Å². The highest BCUT2D eigenvalue weighted by atomic mass is 16.7. The van der Waals surface area contributed by atoms with E-state index in [1.54, 1.807) is 0 Å². The van der Waals surface area contributed by atoms with Crippen molar-refractivity contribution in [1.82, 2.24) is 0 Å². The van der Waals surface area contributed by atoms with Gasteiger partial charge in [-0.3, -0.25) is 4.79 Å². The van der Waals surface area contributed by atoms with Crippen LogP contribution in [0.1, 0.15) is 33.1 Å². The van der Waals surface area contributed by atoms with E-state index < -0.39 is 5.79 Å². The number of rotatable bonds is 0. The molecule has 0 aromatic rings. The Morgan fingerprint density at radius 2 is 2.00 bits per heavy atom. The summed E-state index contributed by atoms with van der Waals surface area (Å²) >= 11 is 0. The van der Waals surface area contributed by atoms with Gasteiger partial charge in [-0.1, -0.05) is 18.6 Å². The second kappa shape index (κ2) is 4.31. The number of carbonyl (C=O) groups is 1. The molecule has 4 heteroatoms. The van der Waals surface area contributed by atoms with Gasteiger partial charge in [0.15, 0.2) is 5.79 Å². The summed E-state index contributed by atoms with van der Waals surface area (Å²) in [5, 5.41) is 0. The molecule has 4 nitrogen and oxygen atoms in total. The fraction of sp³-hybridized carbons (Fsp3) is 0.812. The summed E-state index contributed by atoms with van der Waals surface area (Å²) in [6, 6.07) is 0. The highest BCUT2D eigenvalue weighted by Crippen LogP contribution is 2.52. The molecule has 0 N–H and O–H groups in total. The summed E-state index contributed by atoms with van der Waals surface area (Å²) in [5.74, 6) is 0.904. The van der Waals surface area contributed by atoms with Gasteiger partial charge in [0.25, 0.3) is 0 Å². The van der Waals surface area contributed by atoms with Crippen molar-refractivity contribution < 1.29 is 19.0 Å². The van der Waals surface area contributed by atoms with E-state index >= 15 is 0 Å². The zero-order valence-electron chi connectivity index (χ0n) is 12.1. The molecule has 20 heavy (non-hydrogen) atoms. The van der Waals surface area contributed by atoms with Crippen LogP contribution in [0.3, 0.4) is 0 Å². The van der Waals surface area contributed by atoms with Gasteiger partial charge in [-0.25, -0.2) is 0 Å². The van der Waals surface area contributed by atoms with Gasteiger partial charge in [0, 0.05) is 18.8 Å². The highest BCUT2D eigenvalue weighted by Gasteiger charge is 2.53. The van der Waals surface area contributed by atoms with Crippen LogP contribution < -0.4 is 0 Å². The number of carbonyl (C=O) groups excluding carboxylic acids is 1. The maximum absolute atomic E-state index is 12.0. The van der Waals surface area contributed by atoms with E-state index in [2.05, 4.69) is 13.0 Å². The van der Waals surface area contributed by atoms with Crippen molar-refractivity contribution in [2.75, 3.05) is 13.2 Å². The molecule has 2 saturated heterocycles. The average molecular weight is 278 g/mol. The molecular formula is C16H22O4. The fourth-order valence-electron chi connectivity index (χ4n) is 4.84. The van der Waals surface area contributed by atoms with Crippen molar-refractivity contribution in [1.29, 1.82) is 0 Å². The number of hydrogen-bond acceptors (Lipinski definition) is 4. The van der Waals surface area contributed by atoms with Crippen molar-refractivity contribution in [2.45, 2.75) is 45.0 Å². The Balaban J connectivity index is 1.66. The van der Waals surface area contributed by atoms with E-state index in [9.17, 15) is 4.79 Å². The SMILES string of the molecule is CC1C2CCC3(CC2=C[C@H]2C(=O)O[C@H](C)[C@@H]12)OCCO3.